The van der Waals surface area contributed by atoms with Crippen LogP contribution in [0.15, 0.2) is 36.4 Å². The average Bonchev–Trinajstić information content (AvgIpc) is 2.38. The van der Waals surface area contributed by atoms with Crippen LogP contribution in [0.25, 0.3) is 0 Å². The van der Waals surface area contributed by atoms with Crippen molar-refractivity contribution in [2.24, 2.45) is 0 Å². The Labute approximate surface area is 138 Å². The smallest absolute Gasteiger partial charge is 0.0823 e. The van der Waals surface area contributed by atoms with Gasteiger partial charge in [-0.05, 0) is 30.3 Å². The number of halogens is 4. The van der Waals surface area contributed by atoms with Gasteiger partial charge in [0.05, 0.1) is 15.7 Å². The molecule has 0 fully saturated rings. The minimum Gasteiger partial charge on any atom is -0.383 e. The lowest BCUT2D eigenvalue weighted by Crippen LogP contribution is -2.13. The first-order valence-corrected chi connectivity index (χ1v) is 7.45. The minimum atomic E-state index is 0.528. The van der Waals surface area contributed by atoms with E-state index in [1.54, 1.807) is 12.1 Å². The zero-order chi connectivity index (χ0) is 14.5. The van der Waals surface area contributed by atoms with Crippen molar-refractivity contribution in [3.63, 3.8) is 0 Å². The molecular formula is C14H12Cl4N2. The molecule has 0 amide bonds. The summed E-state index contributed by atoms with van der Waals surface area (Å²) < 4.78 is 0. The molecule has 0 aliphatic heterocycles. The molecule has 6 heteroatoms. The fraction of sp³-hybridized carbons (Fsp3) is 0.143. The van der Waals surface area contributed by atoms with Gasteiger partial charge in [0, 0.05) is 28.8 Å². The highest BCUT2D eigenvalue weighted by Gasteiger charge is 2.03. The highest BCUT2D eigenvalue weighted by Crippen LogP contribution is 2.29. The standard InChI is InChI=1S/C14H12Cl4N2/c15-9-6-10(16)8-11(7-9)19-4-5-20-13-3-1-2-12(17)14(13)18/h1-3,6-8,19-20H,4-5H2. The molecule has 0 aliphatic rings. The van der Waals surface area contributed by atoms with Gasteiger partial charge in [0.25, 0.3) is 0 Å². The zero-order valence-corrected chi connectivity index (χ0v) is 13.4. The first-order chi connectivity index (χ1) is 9.56. The van der Waals surface area contributed by atoms with Gasteiger partial charge in [-0.15, -0.1) is 0 Å². The normalized spacial score (nSPS) is 10.4. The van der Waals surface area contributed by atoms with E-state index in [9.17, 15) is 0 Å². The van der Waals surface area contributed by atoms with Crippen LogP contribution in [0, 0.1) is 0 Å². The van der Waals surface area contributed by atoms with Gasteiger partial charge in [0.15, 0.2) is 0 Å². The first kappa shape index (κ1) is 15.6. The maximum absolute atomic E-state index is 6.08. The van der Waals surface area contributed by atoms with E-state index in [-0.39, 0.29) is 0 Å². The monoisotopic (exact) mass is 348 g/mol. The summed E-state index contributed by atoms with van der Waals surface area (Å²) in [6.07, 6.45) is 0. The lowest BCUT2D eigenvalue weighted by Gasteiger charge is -2.11. The maximum atomic E-state index is 6.08. The Morgan fingerprint density at radius 3 is 2.15 bits per heavy atom. The SMILES string of the molecule is Clc1cc(Cl)cc(NCCNc2cccc(Cl)c2Cl)c1. The third kappa shape index (κ3) is 4.35. The van der Waals surface area contributed by atoms with Gasteiger partial charge < -0.3 is 10.6 Å². The van der Waals surface area contributed by atoms with Crippen LogP contribution in [0.1, 0.15) is 0 Å². The highest BCUT2D eigenvalue weighted by atomic mass is 35.5. The summed E-state index contributed by atoms with van der Waals surface area (Å²) in [7, 11) is 0. The number of benzene rings is 2. The third-order valence-electron chi connectivity index (χ3n) is 2.58. The predicted molar refractivity (Wildman–Crippen MR) is 89.9 cm³/mol. The lowest BCUT2D eigenvalue weighted by molar-refractivity contribution is 1.08. The lowest BCUT2D eigenvalue weighted by atomic mass is 10.3. The number of hydrogen-bond donors (Lipinski definition) is 2. The molecule has 0 bridgehead atoms. The van der Waals surface area contributed by atoms with E-state index in [1.165, 1.54) is 0 Å². The molecule has 0 heterocycles. The largest absolute Gasteiger partial charge is 0.383 e. The van der Waals surface area contributed by atoms with E-state index >= 15 is 0 Å². The molecule has 0 radical (unpaired) electrons. The minimum absolute atomic E-state index is 0.528. The Hall–Kier alpha value is -0.800. The average molecular weight is 350 g/mol. The molecule has 0 spiro atoms. The molecule has 0 atom stereocenters. The summed E-state index contributed by atoms with van der Waals surface area (Å²) in [5.74, 6) is 0. The second-order valence-corrected chi connectivity index (χ2v) is 5.77. The molecule has 0 unspecified atom stereocenters. The van der Waals surface area contributed by atoms with E-state index in [0.717, 1.165) is 11.4 Å². The zero-order valence-electron chi connectivity index (χ0n) is 10.4. The molecule has 20 heavy (non-hydrogen) atoms. The van der Waals surface area contributed by atoms with E-state index in [4.69, 9.17) is 46.4 Å². The molecule has 0 saturated carbocycles. The summed E-state index contributed by atoms with van der Waals surface area (Å²) in [5, 5.41) is 8.70. The van der Waals surface area contributed by atoms with Crippen LogP contribution in [0.2, 0.25) is 20.1 Å². The van der Waals surface area contributed by atoms with Gasteiger partial charge in [-0.1, -0.05) is 52.5 Å². The molecule has 2 nitrogen and oxygen atoms in total. The van der Waals surface area contributed by atoms with E-state index in [2.05, 4.69) is 10.6 Å². The summed E-state index contributed by atoms with van der Waals surface area (Å²) in [6.45, 7) is 1.38. The number of anilines is 2. The molecule has 106 valence electrons. The van der Waals surface area contributed by atoms with Crippen LogP contribution in [-0.2, 0) is 0 Å². The van der Waals surface area contributed by atoms with Crippen LogP contribution >= 0.6 is 46.4 Å². The quantitative estimate of drug-likeness (QED) is 0.664. The summed E-state index contributed by atoms with van der Waals surface area (Å²) >= 11 is 23.9. The van der Waals surface area contributed by atoms with Crippen LogP contribution < -0.4 is 10.6 Å². The van der Waals surface area contributed by atoms with Crippen molar-refractivity contribution in [2.75, 3.05) is 23.7 Å². The second-order valence-electron chi connectivity index (χ2n) is 4.11. The van der Waals surface area contributed by atoms with Crippen molar-refractivity contribution in [1.82, 2.24) is 0 Å². The summed E-state index contributed by atoms with van der Waals surface area (Å²) in [6, 6.07) is 10.8. The third-order valence-corrected chi connectivity index (χ3v) is 3.84. The molecule has 2 aromatic carbocycles. The first-order valence-electron chi connectivity index (χ1n) is 5.94. The Kier molecular flexibility index (Phi) is 5.67. The Morgan fingerprint density at radius 1 is 0.800 bits per heavy atom. The van der Waals surface area contributed by atoms with Crippen molar-refractivity contribution in [2.45, 2.75) is 0 Å². The molecule has 2 N–H and O–H groups in total. The fourth-order valence-corrected chi connectivity index (χ4v) is 2.59. The number of rotatable bonds is 5. The van der Waals surface area contributed by atoms with Gasteiger partial charge >= 0.3 is 0 Å². The van der Waals surface area contributed by atoms with E-state index in [1.807, 2.05) is 24.3 Å². The number of hydrogen-bond acceptors (Lipinski definition) is 2. The number of nitrogens with one attached hydrogen (secondary N) is 2. The van der Waals surface area contributed by atoms with Crippen molar-refractivity contribution in [1.29, 1.82) is 0 Å². The van der Waals surface area contributed by atoms with Gasteiger partial charge in [-0.3, -0.25) is 0 Å². The van der Waals surface area contributed by atoms with Crippen molar-refractivity contribution in [3.8, 4) is 0 Å². The Morgan fingerprint density at radius 2 is 1.45 bits per heavy atom. The van der Waals surface area contributed by atoms with Gasteiger partial charge in [0.1, 0.15) is 0 Å². The summed E-state index contributed by atoms with van der Waals surface area (Å²) in [4.78, 5) is 0. The van der Waals surface area contributed by atoms with Crippen LogP contribution in [0.3, 0.4) is 0 Å². The maximum Gasteiger partial charge on any atom is 0.0823 e. The van der Waals surface area contributed by atoms with Gasteiger partial charge in [-0.2, -0.15) is 0 Å². The Balaban J connectivity index is 1.86. The van der Waals surface area contributed by atoms with E-state index < -0.39 is 0 Å². The highest BCUT2D eigenvalue weighted by molar-refractivity contribution is 6.43. The van der Waals surface area contributed by atoms with Crippen molar-refractivity contribution in [3.05, 3.63) is 56.5 Å². The topological polar surface area (TPSA) is 24.1 Å². The van der Waals surface area contributed by atoms with Crippen LogP contribution in [0.5, 0.6) is 0 Å². The summed E-state index contributed by atoms with van der Waals surface area (Å²) in [5.41, 5.74) is 1.69. The molecule has 0 saturated heterocycles. The fourth-order valence-electron chi connectivity index (χ4n) is 1.70. The van der Waals surface area contributed by atoms with Crippen LogP contribution in [0.4, 0.5) is 11.4 Å². The van der Waals surface area contributed by atoms with Crippen molar-refractivity contribution < 1.29 is 0 Å². The molecule has 2 aromatic rings. The van der Waals surface area contributed by atoms with Gasteiger partial charge in [-0.25, -0.2) is 0 Å². The van der Waals surface area contributed by atoms with Crippen molar-refractivity contribution >= 4 is 57.8 Å². The molecular weight excluding hydrogens is 338 g/mol. The Bertz CT molecular complexity index is 581. The predicted octanol–water partition coefficient (Wildman–Crippen LogP) is 5.82. The van der Waals surface area contributed by atoms with E-state index in [0.29, 0.717) is 33.2 Å². The molecule has 2 rings (SSSR count). The molecule has 0 aliphatic carbocycles. The molecule has 0 aromatic heterocycles. The van der Waals surface area contributed by atoms with Crippen LogP contribution in [-0.4, -0.2) is 13.1 Å². The second kappa shape index (κ2) is 7.28. The van der Waals surface area contributed by atoms with Gasteiger partial charge in [0.2, 0.25) is 0 Å².